The summed E-state index contributed by atoms with van der Waals surface area (Å²) < 4.78 is 0. The van der Waals surface area contributed by atoms with Crippen LogP contribution in [0, 0.1) is 0 Å². The number of benzene rings is 2. The number of hydrogen-bond donors (Lipinski definition) is 1. The van der Waals surface area contributed by atoms with E-state index in [0.717, 1.165) is 56.5 Å². The minimum Gasteiger partial charge on any atom is -0.337 e. The van der Waals surface area contributed by atoms with Crippen molar-refractivity contribution >= 4 is 16.9 Å². The van der Waals surface area contributed by atoms with E-state index in [1.807, 2.05) is 23.1 Å². The Morgan fingerprint density at radius 3 is 2.52 bits per heavy atom. The second-order valence-corrected chi connectivity index (χ2v) is 7.54. The molecule has 1 aliphatic carbocycles. The summed E-state index contributed by atoms with van der Waals surface area (Å²) in [5.74, 6) is 0.0939. The van der Waals surface area contributed by atoms with Crippen LogP contribution in [-0.4, -0.2) is 63.3 Å². The zero-order valence-electron chi connectivity index (χ0n) is 15.3. The van der Waals surface area contributed by atoms with Crippen molar-refractivity contribution < 1.29 is 4.79 Å². The van der Waals surface area contributed by atoms with Crippen LogP contribution >= 0.6 is 0 Å². The lowest BCUT2D eigenvalue weighted by molar-refractivity contribution is 0.0758. The molecule has 0 saturated carbocycles. The molecule has 0 atom stereocenters. The van der Waals surface area contributed by atoms with Crippen LogP contribution in [0.5, 0.6) is 0 Å². The number of rotatable bonds is 2. The van der Waals surface area contributed by atoms with Gasteiger partial charge in [0.1, 0.15) is 11.0 Å². The molecule has 2 aliphatic rings. The maximum absolute atomic E-state index is 13.0. The molecular weight excluding hydrogens is 338 g/mol. The number of carbonyl (C=O) groups excluding carboxylic acids is 1. The summed E-state index contributed by atoms with van der Waals surface area (Å²) in [6, 6.07) is 14.9. The van der Waals surface area contributed by atoms with E-state index in [2.05, 4.69) is 44.6 Å². The SMILES string of the molecule is O=C(c1ccc2n[nH]nc2c1)N1CCCN(C2Cc3ccccc3C2)CC1. The van der Waals surface area contributed by atoms with Gasteiger partial charge in [-0.05, 0) is 48.6 Å². The predicted molar refractivity (Wildman–Crippen MR) is 104 cm³/mol. The Morgan fingerprint density at radius 2 is 1.70 bits per heavy atom. The van der Waals surface area contributed by atoms with Gasteiger partial charge in [-0.25, -0.2) is 0 Å². The third-order valence-corrected chi connectivity index (χ3v) is 5.93. The Kier molecular flexibility index (Phi) is 4.13. The molecule has 0 bridgehead atoms. The molecule has 27 heavy (non-hydrogen) atoms. The van der Waals surface area contributed by atoms with Gasteiger partial charge in [0, 0.05) is 37.8 Å². The molecule has 5 rings (SSSR count). The fourth-order valence-electron chi connectivity index (χ4n) is 4.46. The summed E-state index contributed by atoms with van der Waals surface area (Å²) in [6.45, 7) is 3.59. The molecule has 1 N–H and O–H groups in total. The highest BCUT2D eigenvalue weighted by Crippen LogP contribution is 2.26. The minimum absolute atomic E-state index is 0.0939. The molecule has 3 aromatic rings. The van der Waals surface area contributed by atoms with E-state index in [-0.39, 0.29) is 5.91 Å². The normalized spacial score (nSPS) is 18.6. The van der Waals surface area contributed by atoms with Crippen molar-refractivity contribution in [3.8, 4) is 0 Å². The average Bonchev–Trinajstić information content (AvgIpc) is 3.27. The van der Waals surface area contributed by atoms with Gasteiger partial charge in [-0.1, -0.05) is 24.3 Å². The summed E-state index contributed by atoms with van der Waals surface area (Å²) in [7, 11) is 0. The predicted octanol–water partition coefficient (Wildman–Crippen LogP) is 2.27. The van der Waals surface area contributed by atoms with Crippen LogP contribution in [0.3, 0.4) is 0 Å². The number of hydrogen-bond acceptors (Lipinski definition) is 4. The van der Waals surface area contributed by atoms with Crippen LogP contribution in [0.4, 0.5) is 0 Å². The second-order valence-electron chi connectivity index (χ2n) is 7.54. The quantitative estimate of drug-likeness (QED) is 0.760. The molecule has 2 aromatic carbocycles. The summed E-state index contributed by atoms with van der Waals surface area (Å²) >= 11 is 0. The van der Waals surface area contributed by atoms with Crippen molar-refractivity contribution in [1.82, 2.24) is 25.2 Å². The number of fused-ring (bicyclic) bond motifs is 2. The summed E-state index contributed by atoms with van der Waals surface area (Å²) in [4.78, 5) is 17.5. The highest BCUT2D eigenvalue weighted by atomic mass is 16.2. The van der Waals surface area contributed by atoms with Crippen molar-refractivity contribution in [2.24, 2.45) is 0 Å². The number of nitrogens with zero attached hydrogens (tertiary/aromatic N) is 4. The Labute approximate surface area is 158 Å². The molecule has 0 spiro atoms. The third kappa shape index (κ3) is 3.10. The smallest absolute Gasteiger partial charge is 0.253 e. The first-order chi connectivity index (χ1) is 13.3. The molecule has 2 heterocycles. The fourth-order valence-corrected chi connectivity index (χ4v) is 4.46. The summed E-state index contributed by atoms with van der Waals surface area (Å²) in [5, 5.41) is 10.8. The largest absolute Gasteiger partial charge is 0.337 e. The summed E-state index contributed by atoms with van der Waals surface area (Å²) in [6.07, 6.45) is 3.28. The van der Waals surface area contributed by atoms with E-state index in [1.54, 1.807) is 0 Å². The topological polar surface area (TPSA) is 65.1 Å². The average molecular weight is 361 g/mol. The van der Waals surface area contributed by atoms with E-state index in [0.29, 0.717) is 11.6 Å². The van der Waals surface area contributed by atoms with Crippen LogP contribution in [0.25, 0.3) is 11.0 Å². The lowest BCUT2D eigenvalue weighted by Crippen LogP contribution is -2.40. The van der Waals surface area contributed by atoms with E-state index in [4.69, 9.17) is 0 Å². The van der Waals surface area contributed by atoms with E-state index < -0.39 is 0 Å². The van der Waals surface area contributed by atoms with Crippen molar-refractivity contribution in [2.45, 2.75) is 25.3 Å². The molecule has 138 valence electrons. The zero-order valence-corrected chi connectivity index (χ0v) is 15.3. The van der Waals surface area contributed by atoms with Crippen LogP contribution in [0.2, 0.25) is 0 Å². The van der Waals surface area contributed by atoms with Gasteiger partial charge in [-0.3, -0.25) is 9.69 Å². The minimum atomic E-state index is 0.0939. The molecule has 1 saturated heterocycles. The number of amides is 1. The molecule has 6 heteroatoms. The van der Waals surface area contributed by atoms with Crippen LogP contribution in [0.15, 0.2) is 42.5 Å². The maximum atomic E-state index is 13.0. The van der Waals surface area contributed by atoms with Crippen LogP contribution < -0.4 is 0 Å². The van der Waals surface area contributed by atoms with Gasteiger partial charge in [0.2, 0.25) is 0 Å². The number of H-pyrrole nitrogens is 1. The zero-order chi connectivity index (χ0) is 18.2. The van der Waals surface area contributed by atoms with Crippen LogP contribution in [0.1, 0.15) is 27.9 Å². The highest BCUT2D eigenvalue weighted by Gasteiger charge is 2.29. The molecule has 1 aliphatic heterocycles. The van der Waals surface area contributed by atoms with Gasteiger partial charge >= 0.3 is 0 Å². The third-order valence-electron chi connectivity index (χ3n) is 5.93. The maximum Gasteiger partial charge on any atom is 0.253 e. The molecule has 6 nitrogen and oxygen atoms in total. The number of carbonyl (C=O) groups is 1. The standard InChI is InChI=1S/C21H23N5O/c27-21(17-6-7-19-20(14-17)23-24-22-19)26-9-3-8-25(10-11-26)18-12-15-4-1-2-5-16(15)13-18/h1-2,4-7,14,18H,3,8-13H2,(H,22,23,24). The van der Waals surface area contributed by atoms with Crippen molar-refractivity contribution in [3.63, 3.8) is 0 Å². The second kappa shape index (κ2) is 6.78. The molecule has 1 fully saturated rings. The van der Waals surface area contributed by atoms with Gasteiger partial charge in [-0.15, -0.1) is 0 Å². The molecule has 1 aromatic heterocycles. The lowest BCUT2D eigenvalue weighted by Gasteiger charge is -2.27. The molecule has 1 amide bonds. The van der Waals surface area contributed by atoms with Gasteiger partial charge in [0.25, 0.3) is 5.91 Å². The fraction of sp³-hybridized carbons (Fsp3) is 0.381. The van der Waals surface area contributed by atoms with Crippen molar-refractivity contribution in [1.29, 1.82) is 0 Å². The van der Waals surface area contributed by atoms with E-state index in [1.165, 1.54) is 11.1 Å². The Balaban J connectivity index is 1.26. The first kappa shape index (κ1) is 16.4. The number of aromatic amines is 1. The van der Waals surface area contributed by atoms with Crippen molar-refractivity contribution in [3.05, 3.63) is 59.2 Å². The molecule has 0 radical (unpaired) electrons. The van der Waals surface area contributed by atoms with Gasteiger partial charge in [0.05, 0.1) is 0 Å². The monoisotopic (exact) mass is 361 g/mol. The Bertz CT molecular complexity index is 956. The van der Waals surface area contributed by atoms with Gasteiger partial charge < -0.3 is 4.90 Å². The lowest BCUT2D eigenvalue weighted by atomic mass is 10.1. The van der Waals surface area contributed by atoms with Crippen molar-refractivity contribution in [2.75, 3.05) is 26.2 Å². The Hall–Kier alpha value is -2.73. The molecule has 0 unspecified atom stereocenters. The van der Waals surface area contributed by atoms with E-state index in [9.17, 15) is 4.79 Å². The Morgan fingerprint density at radius 1 is 0.926 bits per heavy atom. The number of nitrogens with one attached hydrogen (secondary N) is 1. The summed E-state index contributed by atoms with van der Waals surface area (Å²) in [5.41, 5.74) is 5.19. The first-order valence-corrected chi connectivity index (χ1v) is 9.68. The number of aromatic nitrogens is 3. The highest BCUT2D eigenvalue weighted by molar-refractivity contribution is 5.97. The van der Waals surface area contributed by atoms with Gasteiger partial charge in [-0.2, -0.15) is 15.4 Å². The van der Waals surface area contributed by atoms with Gasteiger partial charge in [0.15, 0.2) is 0 Å². The van der Waals surface area contributed by atoms with E-state index >= 15 is 0 Å². The first-order valence-electron chi connectivity index (χ1n) is 9.68. The molecular formula is C21H23N5O. The van der Waals surface area contributed by atoms with Crippen LogP contribution in [-0.2, 0) is 12.8 Å².